The van der Waals surface area contributed by atoms with Gasteiger partial charge in [0.05, 0.1) is 12.8 Å². The summed E-state index contributed by atoms with van der Waals surface area (Å²) in [7, 11) is 1.54. The third-order valence-corrected chi connectivity index (χ3v) is 4.35. The van der Waals surface area contributed by atoms with Gasteiger partial charge in [-0.3, -0.25) is 0 Å². The maximum Gasteiger partial charge on any atom is 0.160 e. The van der Waals surface area contributed by atoms with Gasteiger partial charge in [0, 0.05) is 15.0 Å². The summed E-state index contributed by atoms with van der Waals surface area (Å²) < 4.78 is 7.12. The van der Waals surface area contributed by atoms with Crippen LogP contribution < -0.4 is 10.1 Å². The minimum absolute atomic E-state index is 0.0690. The number of anilines is 1. The number of methoxy groups -OCH3 is 1. The number of halogens is 2. The van der Waals surface area contributed by atoms with E-state index in [2.05, 4.69) is 44.1 Å². The summed E-state index contributed by atoms with van der Waals surface area (Å²) in [5.74, 6) is 0.618. The number of hydrogen-bond donors (Lipinski definition) is 2. The smallest absolute Gasteiger partial charge is 0.160 e. The molecule has 0 aliphatic carbocycles. The van der Waals surface area contributed by atoms with Crippen molar-refractivity contribution >= 4 is 37.5 Å². The first-order valence-corrected chi connectivity index (χ1v) is 7.69. The van der Waals surface area contributed by atoms with Crippen LogP contribution in [0.4, 0.5) is 5.69 Å². The molecular weight excluding hydrogens is 386 g/mol. The summed E-state index contributed by atoms with van der Waals surface area (Å²) in [6, 6.07) is 11.3. The van der Waals surface area contributed by atoms with Crippen molar-refractivity contribution in [2.45, 2.75) is 13.0 Å². The second kappa shape index (κ2) is 6.50. The van der Waals surface area contributed by atoms with Crippen molar-refractivity contribution in [3.05, 3.63) is 50.9 Å². The second-order valence-corrected chi connectivity index (χ2v) is 6.10. The summed E-state index contributed by atoms with van der Waals surface area (Å²) in [6.07, 6.45) is 0. The summed E-state index contributed by atoms with van der Waals surface area (Å²) in [5.41, 5.74) is 2.02. The monoisotopic (exact) mass is 399 g/mol. The Morgan fingerprint density at radius 3 is 2.40 bits per heavy atom. The summed E-state index contributed by atoms with van der Waals surface area (Å²) in [6.45, 7) is 2.05. The molecule has 0 spiro atoms. The van der Waals surface area contributed by atoms with E-state index in [-0.39, 0.29) is 11.8 Å². The molecule has 0 radical (unpaired) electrons. The van der Waals surface area contributed by atoms with E-state index < -0.39 is 0 Å². The summed E-state index contributed by atoms with van der Waals surface area (Å²) in [5, 5.41) is 13.1. The van der Waals surface area contributed by atoms with Gasteiger partial charge in [-0.1, -0.05) is 12.1 Å². The molecule has 0 aliphatic rings. The van der Waals surface area contributed by atoms with E-state index in [1.165, 1.54) is 0 Å². The molecule has 2 rings (SSSR count). The van der Waals surface area contributed by atoms with Gasteiger partial charge in [0.15, 0.2) is 11.5 Å². The molecule has 2 N–H and O–H groups in total. The van der Waals surface area contributed by atoms with Crippen molar-refractivity contribution in [1.29, 1.82) is 0 Å². The third-order valence-electron chi connectivity index (χ3n) is 3.03. The number of phenols is 1. The molecule has 0 aliphatic heterocycles. The van der Waals surface area contributed by atoms with Gasteiger partial charge < -0.3 is 15.2 Å². The lowest BCUT2D eigenvalue weighted by atomic mass is 10.1. The zero-order valence-corrected chi connectivity index (χ0v) is 14.3. The lowest BCUT2D eigenvalue weighted by Gasteiger charge is -2.19. The first-order valence-electron chi connectivity index (χ1n) is 6.10. The Kier molecular flexibility index (Phi) is 4.94. The first-order chi connectivity index (χ1) is 9.52. The van der Waals surface area contributed by atoms with Gasteiger partial charge in [-0.15, -0.1) is 0 Å². The number of ether oxygens (including phenoxy) is 1. The molecule has 0 fully saturated rings. The second-order valence-electron chi connectivity index (χ2n) is 4.39. The average molecular weight is 401 g/mol. The van der Waals surface area contributed by atoms with Crippen LogP contribution in [0.1, 0.15) is 18.5 Å². The average Bonchev–Trinajstić information content (AvgIpc) is 2.43. The van der Waals surface area contributed by atoms with E-state index in [4.69, 9.17) is 4.74 Å². The van der Waals surface area contributed by atoms with Gasteiger partial charge in [-0.25, -0.2) is 0 Å². The van der Waals surface area contributed by atoms with Crippen LogP contribution in [0.25, 0.3) is 0 Å². The van der Waals surface area contributed by atoms with Crippen molar-refractivity contribution in [2.75, 3.05) is 12.4 Å². The molecule has 0 amide bonds. The van der Waals surface area contributed by atoms with Crippen molar-refractivity contribution < 1.29 is 9.84 Å². The third kappa shape index (κ3) is 3.27. The lowest BCUT2D eigenvalue weighted by molar-refractivity contribution is 0.373. The standard InChI is InChI=1S/C15H15Br2NO2/c1-9(10-6-7-13(19)14(8-10)20-2)18-15-11(16)4-3-5-12(15)17/h3-9,18-19H,1-2H3. The maximum absolute atomic E-state index is 9.63. The molecule has 1 atom stereocenters. The zero-order chi connectivity index (χ0) is 14.7. The Morgan fingerprint density at radius 1 is 1.15 bits per heavy atom. The highest BCUT2D eigenvalue weighted by molar-refractivity contribution is 9.11. The van der Waals surface area contributed by atoms with E-state index >= 15 is 0 Å². The van der Waals surface area contributed by atoms with Crippen LogP contribution in [0.5, 0.6) is 11.5 Å². The van der Waals surface area contributed by atoms with Crippen molar-refractivity contribution in [3.8, 4) is 11.5 Å². The highest BCUT2D eigenvalue weighted by Gasteiger charge is 2.12. The van der Waals surface area contributed by atoms with Crippen molar-refractivity contribution in [2.24, 2.45) is 0 Å². The van der Waals surface area contributed by atoms with Gasteiger partial charge in [0.1, 0.15) is 0 Å². The highest BCUT2D eigenvalue weighted by atomic mass is 79.9. The number of phenolic OH excluding ortho intramolecular Hbond substituents is 1. The quantitative estimate of drug-likeness (QED) is 0.750. The van der Waals surface area contributed by atoms with Crippen LogP contribution in [-0.4, -0.2) is 12.2 Å². The Bertz CT molecular complexity index is 597. The van der Waals surface area contributed by atoms with Crippen LogP contribution in [0.2, 0.25) is 0 Å². The molecule has 0 saturated carbocycles. The molecule has 5 heteroatoms. The Labute approximate surface area is 135 Å². The molecule has 106 valence electrons. The van der Waals surface area contributed by atoms with Crippen LogP contribution in [0, 0.1) is 0 Å². The maximum atomic E-state index is 9.63. The fourth-order valence-corrected chi connectivity index (χ4v) is 3.13. The minimum atomic E-state index is 0.0690. The number of hydrogen-bond acceptors (Lipinski definition) is 3. The zero-order valence-electron chi connectivity index (χ0n) is 11.2. The summed E-state index contributed by atoms with van der Waals surface area (Å²) in [4.78, 5) is 0. The number of para-hydroxylation sites is 1. The van der Waals surface area contributed by atoms with Crippen molar-refractivity contribution in [1.82, 2.24) is 0 Å². The molecule has 1 unspecified atom stereocenters. The SMILES string of the molecule is COc1cc(C(C)Nc2c(Br)cccc2Br)ccc1O. The van der Waals surface area contributed by atoms with Gasteiger partial charge >= 0.3 is 0 Å². The van der Waals surface area contributed by atoms with E-state index in [1.807, 2.05) is 30.3 Å². The number of aromatic hydroxyl groups is 1. The van der Waals surface area contributed by atoms with Crippen LogP contribution in [-0.2, 0) is 0 Å². The van der Waals surface area contributed by atoms with Gasteiger partial charge in [0.2, 0.25) is 0 Å². The molecule has 0 bridgehead atoms. The molecule has 0 aromatic heterocycles. The van der Waals surface area contributed by atoms with Gasteiger partial charge in [-0.05, 0) is 68.6 Å². The van der Waals surface area contributed by atoms with Gasteiger partial charge in [0.25, 0.3) is 0 Å². The number of nitrogens with one attached hydrogen (secondary N) is 1. The number of rotatable bonds is 4. The lowest BCUT2D eigenvalue weighted by Crippen LogP contribution is -2.07. The predicted octanol–water partition coefficient (Wildman–Crippen LogP) is 5.10. The molecule has 2 aromatic rings. The Hall–Kier alpha value is -1.20. The Balaban J connectivity index is 2.26. The van der Waals surface area contributed by atoms with E-state index in [1.54, 1.807) is 13.2 Å². The van der Waals surface area contributed by atoms with Crippen molar-refractivity contribution in [3.63, 3.8) is 0 Å². The molecule has 0 heterocycles. The minimum Gasteiger partial charge on any atom is -0.504 e. The molecule has 20 heavy (non-hydrogen) atoms. The predicted molar refractivity (Wildman–Crippen MR) is 88.5 cm³/mol. The molecule has 3 nitrogen and oxygen atoms in total. The van der Waals surface area contributed by atoms with E-state index in [0.29, 0.717) is 5.75 Å². The normalized spacial score (nSPS) is 12.0. The van der Waals surface area contributed by atoms with Gasteiger partial charge in [-0.2, -0.15) is 0 Å². The summed E-state index contributed by atoms with van der Waals surface area (Å²) >= 11 is 7.06. The topological polar surface area (TPSA) is 41.5 Å². The molecular formula is C15H15Br2NO2. The van der Waals surface area contributed by atoms with E-state index in [0.717, 1.165) is 20.2 Å². The van der Waals surface area contributed by atoms with Crippen LogP contribution in [0.15, 0.2) is 45.3 Å². The highest BCUT2D eigenvalue weighted by Crippen LogP contribution is 2.35. The Morgan fingerprint density at radius 2 is 1.80 bits per heavy atom. The van der Waals surface area contributed by atoms with E-state index in [9.17, 15) is 5.11 Å². The molecule has 2 aromatic carbocycles. The molecule has 0 saturated heterocycles. The fraction of sp³-hybridized carbons (Fsp3) is 0.200. The fourth-order valence-electron chi connectivity index (χ4n) is 1.90. The van der Waals surface area contributed by atoms with Crippen LogP contribution >= 0.6 is 31.9 Å². The largest absolute Gasteiger partial charge is 0.504 e. The first kappa shape index (κ1) is 15.2. The van der Waals surface area contributed by atoms with Crippen LogP contribution in [0.3, 0.4) is 0 Å². The number of benzene rings is 2.